The fourth-order valence-electron chi connectivity index (χ4n) is 1.30. The highest BCUT2D eigenvalue weighted by Gasteiger charge is 2.21. The largest absolute Gasteiger partial charge is 0.480 e. The van der Waals surface area contributed by atoms with E-state index in [2.05, 4.69) is 69.0 Å². The van der Waals surface area contributed by atoms with Crippen LogP contribution in [0.1, 0.15) is 90.0 Å². The van der Waals surface area contributed by atoms with Crippen molar-refractivity contribution in [1.29, 1.82) is 0 Å². The lowest BCUT2D eigenvalue weighted by Crippen LogP contribution is -2.42. The van der Waals surface area contributed by atoms with Gasteiger partial charge in [0.15, 0.2) is 0 Å². The number of carbonyl (C=O) groups excluding carboxylic acids is 3. The monoisotopic (exact) mass is 652 g/mol. The van der Waals surface area contributed by atoms with Gasteiger partial charge in [-0.2, -0.15) is 24.4 Å². The van der Waals surface area contributed by atoms with Crippen LogP contribution in [0.15, 0.2) is 0 Å². The molecular weight excluding hydrogens is 596 g/mol. The quantitative estimate of drug-likeness (QED) is 0.0936. The van der Waals surface area contributed by atoms with Gasteiger partial charge in [-0.05, 0) is 54.4 Å². The summed E-state index contributed by atoms with van der Waals surface area (Å²) < 4.78 is 14.0. The summed E-state index contributed by atoms with van der Waals surface area (Å²) in [5.74, 6) is 0.684. The molecule has 0 heterocycles. The van der Waals surface area contributed by atoms with Gasteiger partial charge in [0.05, 0.1) is 19.3 Å². The average molecular weight is 653 g/mol. The van der Waals surface area contributed by atoms with E-state index >= 15 is 0 Å². The van der Waals surface area contributed by atoms with Crippen molar-refractivity contribution in [3.05, 3.63) is 0 Å². The molecule has 0 aromatic carbocycles. The van der Waals surface area contributed by atoms with E-state index in [4.69, 9.17) is 27.2 Å². The number of nitrogens with two attached hydrogens (primary N) is 1. The number of carboxylic acid groups (broad SMARTS) is 1. The number of aliphatic carboxylic acids is 1. The Morgan fingerprint density at radius 3 is 1.61 bits per heavy atom. The second-order valence-corrected chi connectivity index (χ2v) is 14.3. The van der Waals surface area contributed by atoms with E-state index in [-0.39, 0.29) is 28.7 Å². The van der Waals surface area contributed by atoms with Crippen LogP contribution in [0.3, 0.4) is 0 Å². The number of nitrogens with one attached hydrogen (secondary N) is 1. The first-order valence-corrected chi connectivity index (χ1v) is 15.0. The number of ether oxygens (including phenoxy) is 3. The summed E-state index contributed by atoms with van der Waals surface area (Å²) >= 11 is 10.1. The third kappa shape index (κ3) is 63.2. The van der Waals surface area contributed by atoms with E-state index in [1.165, 1.54) is 0 Å². The van der Waals surface area contributed by atoms with Gasteiger partial charge in [0.1, 0.15) is 17.2 Å². The first-order valence-electron chi connectivity index (χ1n) is 13.1. The zero-order valence-corrected chi connectivity index (χ0v) is 29.7. The number of thiol groups is 1. The van der Waals surface area contributed by atoms with E-state index in [0.29, 0.717) is 18.8 Å². The van der Waals surface area contributed by atoms with Crippen molar-refractivity contribution in [2.75, 3.05) is 24.7 Å². The minimum absolute atomic E-state index is 0.0810. The summed E-state index contributed by atoms with van der Waals surface area (Å²) in [5.41, 5.74) is 3.37. The SMILES string of the molecule is CC(C)(C)OC(=O)N[C@@H](CO)CSC(C)(C)C.CC(C)(C)OC=O.CC(C)C.CCOC(=O)Cl.N[C@H](CS)C(=O)O. The fraction of sp³-hybridized carbons (Fsp3) is 0.852. The maximum atomic E-state index is 11.5. The number of alkyl carbamates (subject to hydrolysis) is 1. The van der Waals surface area contributed by atoms with E-state index in [9.17, 15) is 24.3 Å². The number of hydrogen-bond acceptors (Lipinski definition) is 11. The second-order valence-electron chi connectivity index (χ2n) is 11.8. The zero-order valence-electron chi connectivity index (χ0n) is 27.2. The maximum absolute atomic E-state index is 11.5. The molecule has 41 heavy (non-hydrogen) atoms. The van der Waals surface area contributed by atoms with Crippen LogP contribution >= 0.6 is 36.0 Å². The number of aliphatic hydroxyl groups is 1. The summed E-state index contributed by atoms with van der Waals surface area (Å²) in [4.78, 5) is 40.4. The molecule has 5 N–H and O–H groups in total. The van der Waals surface area contributed by atoms with Gasteiger partial charge in [-0.15, -0.1) is 0 Å². The van der Waals surface area contributed by atoms with Gasteiger partial charge in [0, 0.05) is 27.9 Å². The van der Waals surface area contributed by atoms with Crippen LogP contribution in [-0.2, 0) is 23.8 Å². The Kier molecular flexibility index (Phi) is 33.0. The Labute approximate surface area is 262 Å². The fourth-order valence-corrected chi connectivity index (χ4v) is 2.46. The smallest absolute Gasteiger partial charge is 0.407 e. The minimum Gasteiger partial charge on any atom is -0.480 e. The lowest BCUT2D eigenvalue weighted by Gasteiger charge is -2.25. The van der Waals surface area contributed by atoms with Gasteiger partial charge in [-0.3, -0.25) is 9.59 Å². The number of halogens is 1. The van der Waals surface area contributed by atoms with Crippen LogP contribution in [0, 0.1) is 5.92 Å². The first kappa shape index (κ1) is 49.3. The lowest BCUT2D eigenvalue weighted by molar-refractivity contribution is -0.139. The molecule has 0 saturated carbocycles. The highest BCUT2D eigenvalue weighted by atomic mass is 35.5. The molecule has 0 aliphatic rings. The van der Waals surface area contributed by atoms with Gasteiger partial charge in [0.2, 0.25) is 0 Å². The van der Waals surface area contributed by atoms with Crippen molar-refractivity contribution in [3.63, 3.8) is 0 Å². The van der Waals surface area contributed by atoms with E-state index in [0.717, 1.165) is 5.92 Å². The van der Waals surface area contributed by atoms with E-state index in [1.54, 1.807) is 18.7 Å². The van der Waals surface area contributed by atoms with Crippen LogP contribution < -0.4 is 11.1 Å². The third-order valence-corrected chi connectivity index (χ3v) is 4.77. The number of carbonyl (C=O) groups is 4. The van der Waals surface area contributed by atoms with Crippen LogP contribution in [0.25, 0.3) is 0 Å². The number of hydrogen-bond donors (Lipinski definition) is 5. The van der Waals surface area contributed by atoms with Gasteiger partial charge < -0.3 is 35.5 Å². The summed E-state index contributed by atoms with van der Waals surface area (Å²) in [7, 11) is 0. The summed E-state index contributed by atoms with van der Waals surface area (Å²) in [6, 6.07) is -1.09. The Morgan fingerprint density at radius 2 is 1.46 bits per heavy atom. The molecule has 2 atom stereocenters. The average Bonchev–Trinajstić information content (AvgIpc) is 2.74. The third-order valence-electron chi connectivity index (χ3n) is 2.83. The molecule has 0 aliphatic heterocycles. The van der Waals surface area contributed by atoms with Crippen molar-refractivity contribution in [1.82, 2.24) is 5.32 Å². The van der Waals surface area contributed by atoms with E-state index < -0.39 is 29.1 Å². The van der Waals surface area contributed by atoms with E-state index in [1.807, 2.05) is 41.5 Å². The number of rotatable bonds is 8. The van der Waals surface area contributed by atoms with Crippen LogP contribution in [-0.4, -0.2) is 86.9 Å². The molecule has 0 rings (SSSR count). The van der Waals surface area contributed by atoms with Gasteiger partial charge in [-0.1, -0.05) is 41.5 Å². The van der Waals surface area contributed by atoms with Gasteiger partial charge in [-0.25, -0.2) is 9.59 Å². The Bertz CT molecular complexity index is 676. The molecule has 0 bridgehead atoms. The van der Waals surface area contributed by atoms with Crippen molar-refractivity contribution < 1.29 is 43.6 Å². The van der Waals surface area contributed by atoms with Crippen LogP contribution in [0.4, 0.5) is 9.59 Å². The predicted molar refractivity (Wildman–Crippen MR) is 172 cm³/mol. The molecular formula is C27H57ClN2O9S2. The van der Waals surface area contributed by atoms with Crippen molar-refractivity contribution in [2.24, 2.45) is 11.7 Å². The molecule has 248 valence electrons. The Morgan fingerprint density at radius 1 is 1.02 bits per heavy atom. The first-order chi connectivity index (χ1) is 18.3. The van der Waals surface area contributed by atoms with Gasteiger partial charge >= 0.3 is 17.5 Å². The standard InChI is InChI=1S/C12H25NO3S.C5H10O2.C4H10.C3H5ClO2.C3H7NO2S/c1-11(2,3)16-10(15)13-9(7-14)8-17-12(4,5)6;1-5(2,3)7-4-6;1-4(2)3;1-2-6-3(4)5;4-2(1-7)3(5)6/h9,14H,7-8H2,1-6H3,(H,13,15);4H,1-3H3;4H,1-3H3;2H2,1H3;2,7H,1,4H2,(H,5,6)/t9-;;;;2-/m0...1/s1. The summed E-state index contributed by atoms with van der Waals surface area (Å²) in [6.45, 7) is 26.1. The van der Waals surface area contributed by atoms with Crippen molar-refractivity contribution >= 4 is 60.0 Å². The molecule has 0 fully saturated rings. The number of amides is 1. The molecule has 14 heteroatoms. The lowest BCUT2D eigenvalue weighted by atomic mass is 10.2. The summed E-state index contributed by atoms with van der Waals surface area (Å²) in [6.07, 6.45) is -0.481. The predicted octanol–water partition coefficient (Wildman–Crippen LogP) is 5.73. The molecule has 0 spiro atoms. The number of carboxylic acids is 1. The highest BCUT2D eigenvalue weighted by Crippen LogP contribution is 2.23. The molecule has 0 aliphatic carbocycles. The molecule has 0 aromatic rings. The summed E-state index contributed by atoms with van der Waals surface area (Å²) in [5, 5.41) is 19.9. The van der Waals surface area contributed by atoms with Crippen molar-refractivity contribution in [3.8, 4) is 0 Å². The van der Waals surface area contributed by atoms with Crippen LogP contribution in [0.2, 0.25) is 0 Å². The molecule has 0 unspecified atom stereocenters. The van der Waals surface area contributed by atoms with Crippen LogP contribution in [0.5, 0.6) is 0 Å². The maximum Gasteiger partial charge on any atom is 0.407 e. The molecule has 1 amide bonds. The highest BCUT2D eigenvalue weighted by molar-refractivity contribution is 8.00. The Hall–Kier alpha value is -1.41. The minimum atomic E-state index is -1.00. The Balaban J connectivity index is -0.000000149. The second kappa shape index (κ2) is 27.4. The number of thioether (sulfide) groups is 1. The molecule has 0 radical (unpaired) electrons. The number of aliphatic hydroxyl groups excluding tert-OH is 1. The normalized spacial score (nSPS) is 12.0. The zero-order chi connectivity index (χ0) is 34.0. The van der Waals surface area contributed by atoms with Gasteiger partial charge in [0.25, 0.3) is 6.47 Å². The molecule has 0 aromatic heterocycles. The van der Waals surface area contributed by atoms with Crippen molar-refractivity contribution in [2.45, 2.75) is 118 Å². The molecule has 0 saturated heterocycles. The molecule has 11 nitrogen and oxygen atoms in total. The topological polar surface area (TPSA) is 174 Å².